The van der Waals surface area contributed by atoms with E-state index in [1.54, 1.807) is 4.31 Å². The number of rotatable bonds is 6. The molecule has 1 saturated heterocycles. The average molecular weight is 553 g/mol. The zero-order valence-corrected chi connectivity index (χ0v) is 23.5. The Kier molecular flexibility index (Phi) is 8.22. The van der Waals surface area contributed by atoms with Crippen LogP contribution in [0.4, 0.5) is 0 Å². The van der Waals surface area contributed by atoms with Gasteiger partial charge in [0.1, 0.15) is 0 Å². The second-order valence-corrected chi connectivity index (χ2v) is 12.3. The zero-order chi connectivity index (χ0) is 26.7. The first kappa shape index (κ1) is 26.9. The predicted octanol–water partition coefficient (Wildman–Crippen LogP) is 3.95. The molecule has 3 aromatic rings. The third-order valence-electron chi connectivity index (χ3n) is 7.18. The molecule has 2 aromatic carbocycles. The highest BCUT2D eigenvalue weighted by Gasteiger charge is 2.29. The van der Waals surface area contributed by atoms with Crippen molar-refractivity contribution in [2.24, 2.45) is 0 Å². The molecule has 7 nitrogen and oxygen atoms in total. The van der Waals surface area contributed by atoms with Gasteiger partial charge >= 0.3 is 0 Å². The molecule has 200 valence electrons. The van der Waals surface area contributed by atoms with Crippen molar-refractivity contribution in [2.75, 3.05) is 45.6 Å². The molecule has 1 fully saturated rings. The number of fused-ring (bicyclic) bond motifs is 1. The molecule has 9 heteroatoms. The van der Waals surface area contributed by atoms with Gasteiger partial charge in [0.05, 0.1) is 25.2 Å². The number of benzene rings is 2. The Morgan fingerprint density at radius 1 is 1.00 bits per heavy atom. The van der Waals surface area contributed by atoms with Gasteiger partial charge in [-0.2, -0.15) is 9.40 Å². The Balaban J connectivity index is 1.38. The van der Waals surface area contributed by atoms with Crippen LogP contribution in [0.3, 0.4) is 0 Å². The van der Waals surface area contributed by atoms with Gasteiger partial charge in [-0.25, -0.2) is 8.42 Å². The van der Waals surface area contributed by atoms with Gasteiger partial charge in [0, 0.05) is 78.7 Å². The molecule has 0 amide bonds. The van der Waals surface area contributed by atoms with Crippen LogP contribution in [-0.2, 0) is 34.3 Å². The van der Waals surface area contributed by atoms with Gasteiger partial charge in [0.2, 0.25) is 10.0 Å². The molecular weight excluding hydrogens is 520 g/mol. The fraction of sp³-hybridized carbons (Fsp3) is 0.414. The zero-order valence-electron chi connectivity index (χ0n) is 21.9. The Morgan fingerprint density at radius 3 is 2.42 bits per heavy atom. The monoisotopic (exact) mass is 552 g/mol. The maximum absolute atomic E-state index is 12.3. The summed E-state index contributed by atoms with van der Waals surface area (Å²) in [6.07, 6.45) is 2.93. The van der Waals surface area contributed by atoms with E-state index in [4.69, 9.17) is 21.4 Å². The van der Waals surface area contributed by atoms with Crippen LogP contribution in [0.25, 0.3) is 11.3 Å². The summed E-state index contributed by atoms with van der Waals surface area (Å²) in [4.78, 5) is 2.43. The molecule has 0 aliphatic carbocycles. The summed E-state index contributed by atoms with van der Waals surface area (Å²) < 4.78 is 33.8. The van der Waals surface area contributed by atoms with Crippen molar-refractivity contribution >= 4 is 21.6 Å². The van der Waals surface area contributed by atoms with E-state index in [1.807, 2.05) is 49.4 Å². The molecular formula is C29H33ClN4O3S. The lowest BCUT2D eigenvalue weighted by molar-refractivity contribution is 0.0368. The number of ether oxygens (including phenoxy) is 1. The highest BCUT2D eigenvalue weighted by atomic mass is 35.5. The molecule has 0 saturated carbocycles. The van der Waals surface area contributed by atoms with Gasteiger partial charge in [-0.05, 0) is 49.2 Å². The predicted molar refractivity (Wildman–Crippen MR) is 151 cm³/mol. The van der Waals surface area contributed by atoms with Crippen molar-refractivity contribution < 1.29 is 13.2 Å². The van der Waals surface area contributed by atoms with E-state index in [1.165, 1.54) is 6.26 Å². The summed E-state index contributed by atoms with van der Waals surface area (Å²) >= 11 is 6.12. The number of aryl methyl sites for hydroxylation is 2. The number of hydrogen-bond acceptors (Lipinski definition) is 5. The minimum atomic E-state index is -3.28. The first-order chi connectivity index (χ1) is 18.3. The Morgan fingerprint density at radius 2 is 1.71 bits per heavy atom. The first-order valence-corrected chi connectivity index (χ1v) is 15.2. The Hall–Kier alpha value is -2.67. The molecule has 5 rings (SSSR count). The van der Waals surface area contributed by atoms with Crippen LogP contribution in [0.5, 0.6) is 0 Å². The molecule has 0 unspecified atom stereocenters. The van der Waals surface area contributed by atoms with E-state index in [0.717, 1.165) is 90.0 Å². The Bertz CT molecular complexity index is 1470. The van der Waals surface area contributed by atoms with Gasteiger partial charge in [-0.15, -0.1) is 0 Å². The van der Waals surface area contributed by atoms with Crippen molar-refractivity contribution in [3.63, 3.8) is 0 Å². The lowest BCUT2D eigenvalue weighted by atomic mass is 10.0. The summed E-state index contributed by atoms with van der Waals surface area (Å²) in [5, 5.41) is 5.74. The summed E-state index contributed by atoms with van der Waals surface area (Å²) in [7, 11) is -3.28. The molecule has 38 heavy (non-hydrogen) atoms. The van der Waals surface area contributed by atoms with Gasteiger partial charge in [0.15, 0.2) is 0 Å². The quantitative estimate of drug-likeness (QED) is 0.433. The molecule has 1 aromatic heterocycles. The summed E-state index contributed by atoms with van der Waals surface area (Å²) in [6.45, 7) is 8.15. The maximum atomic E-state index is 12.3. The van der Waals surface area contributed by atoms with Crippen molar-refractivity contribution in [3.05, 3.63) is 75.4 Å². The minimum absolute atomic E-state index is 0.352. The van der Waals surface area contributed by atoms with Crippen LogP contribution in [0.1, 0.15) is 34.4 Å². The van der Waals surface area contributed by atoms with E-state index in [2.05, 4.69) is 21.4 Å². The van der Waals surface area contributed by atoms with E-state index in [9.17, 15) is 8.42 Å². The number of aromatic nitrogens is 2. The largest absolute Gasteiger partial charge is 0.379 e. The van der Waals surface area contributed by atoms with Crippen LogP contribution < -0.4 is 0 Å². The van der Waals surface area contributed by atoms with Crippen LogP contribution in [0, 0.1) is 18.8 Å². The van der Waals surface area contributed by atoms with E-state index < -0.39 is 10.0 Å². The number of nitrogens with zero attached hydrogens (tertiary/aromatic N) is 4. The SMILES string of the molecule is Cc1cc(C#Cc2ccc(-c3nn(CCCN4CCOCC4)c4c3CN(S(C)(=O)=O)CC4)cc2)ccc1Cl. The van der Waals surface area contributed by atoms with Crippen molar-refractivity contribution in [1.29, 1.82) is 0 Å². The van der Waals surface area contributed by atoms with E-state index >= 15 is 0 Å². The third-order valence-corrected chi connectivity index (χ3v) is 8.86. The number of sulfonamides is 1. The Labute approximate surface area is 230 Å². The van der Waals surface area contributed by atoms with E-state index in [-0.39, 0.29) is 0 Å². The first-order valence-electron chi connectivity index (χ1n) is 13.0. The second kappa shape index (κ2) is 11.6. The molecule has 3 heterocycles. The summed E-state index contributed by atoms with van der Waals surface area (Å²) in [5.41, 5.74) is 6.79. The van der Waals surface area contributed by atoms with Crippen LogP contribution in [-0.4, -0.2) is 73.1 Å². The van der Waals surface area contributed by atoms with Crippen LogP contribution in [0.15, 0.2) is 42.5 Å². The molecule has 0 atom stereocenters. The summed E-state index contributed by atoms with van der Waals surface area (Å²) in [5.74, 6) is 6.42. The van der Waals surface area contributed by atoms with Crippen molar-refractivity contribution in [1.82, 2.24) is 19.0 Å². The summed E-state index contributed by atoms with van der Waals surface area (Å²) in [6, 6.07) is 13.8. The van der Waals surface area contributed by atoms with E-state index in [0.29, 0.717) is 19.5 Å². The smallest absolute Gasteiger partial charge is 0.211 e. The molecule has 0 bridgehead atoms. The minimum Gasteiger partial charge on any atom is -0.379 e. The molecule has 0 radical (unpaired) electrons. The molecule has 2 aliphatic heterocycles. The van der Waals surface area contributed by atoms with Gasteiger partial charge < -0.3 is 4.74 Å². The van der Waals surface area contributed by atoms with Gasteiger partial charge in [0.25, 0.3) is 0 Å². The van der Waals surface area contributed by atoms with Crippen molar-refractivity contribution in [2.45, 2.75) is 32.9 Å². The highest BCUT2D eigenvalue weighted by Crippen LogP contribution is 2.31. The highest BCUT2D eigenvalue weighted by molar-refractivity contribution is 7.88. The molecule has 2 aliphatic rings. The van der Waals surface area contributed by atoms with Crippen molar-refractivity contribution in [3.8, 4) is 23.1 Å². The fourth-order valence-corrected chi connectivity index (χ4v) is 5.92. The standard InChI is InChI=1S/C29H33ClN4O3S/c1-22-20-24(8-11-27(22)30)5-4-23-6-9-25(10-7-23)29-26-21-33(38(2,35)36)15-12-28(26)34(31-29)14-3-13-32-16-18-37-19-17-32/h6-11,20H,3,12-19,21H2,1-2H3. The number of halogens is 1. The molecule has 0 N–H and O–H groups in total. The lowest BCUT2D eigenvalue weighted by Gasteiger charge is -2.27. The van der Waals surface area contributed by atoms with Crippen LogP contribution >= 0.6 is 11.6 Å². The molecule has 0 spiro atoms. The maximum Gasteiger partial charge on any atom is 0.211 e. The number of morpholine rings is 1. The topological polar surface area (TPSA) is 67.7 Å². The second-order valence-electron chi connectivity index (χ2n) is 9.94. The lowest BCUT2D eigenvalue weighted by Crippen LogP contribution is -2.37. The average Bonchev–Trinajstić information content (AvgIpc) is 3.28. The van der Waals surface area contributed by atoms with Gasteiger partial charge in [-0.1, -0.05) is 35.6 Å². The van der Waals surface area contributed by atoms with Gasteiger partial charge in [-0.3, -0.25) is 9.58 Å². The van der Waals surface area contributed by atoms with Crippen LogP contribution in [0.2, 0.25) is 5.02 Å². The number of hydrogen-bond donors (Lipinski definition) is 0. The fourth-order valence-electron chi connectivity index (χ4n) is 5.01. The normalized spacial score (nSPS) is 16.6. The third kappa shape index (κ3) is 6.31.